The summed E-state index contributed by atoms with van der Waals surface area (Å²) < 4.78 is 13.7. The number of rotatable bonds is 4. The van der Waals surface area contributed by atoms with E-state index >= 15 is 0 Å². The van der Waals surface area contributed by atoms with E-state index in [4.69, 9.17) is 11.6 Å². The van der Waals surface area contributed by atoms with E-state index in [1.807, 2.05) is 4.90 Å². The summed E-state index contributed by atoms with van der Waals surface area (Å²) in [7, 11) is 0. The summed E-state index contributed by atoms with van der Waals surface area (Å²) in [6, 6.07) is 10.8. The molecule has 2 amide bonds. The molecule has 0 spiro atoms. The molecule has 0 radical (unpaired) electrons. The van der Waals surface area contributed by atoms with E-state index in [-0.39, 0.29) is 24.2 Å². The van der Waals surface area contributed by atoms with E-state index in [2.05, 4.69) is 21.2 Å². The molecule has 2 aromatic carbocycles. The molecule has 0 unspecified atom stereocenters. The molecule has 27 heavy (non-hydrogen) atoms. The minimum absolute atomic E-state index is 0.114. The maximum atomic E-state index is 12.9. The van der Waals surface area contributed by atoms with Crippen LogP contribution >= 0.6 is 27.5 Å². The number of hydrogen-bond donors (Lipinski definition) is 1. The zero-order valence-corrected chi connectivity index (χ0v) is 16.8. The molecule has 1 saturated heterocycles. The summed E-state index contributed by atoms with van der Waals surface area (Å²) in [5.74, 6) is -0.632. The van der Waals surface area contributed by atoms with Crippen molar-refractivity contribution in [2.75, 3.05) is 38.0 Å². The molecule has 5 nitrogen and oxygen atoms in total. The van der Waals surface area contributed by atoms with Gasteiger partial charge in [0, 0.05) is 36.3 Å². The van der Waals surface area contributed by atoms with Gasteiger partial charge in [0.2, 0.25) is 5.91 Å². The number of hydrogen-bond acceptors (Lipinski definition) is 3. The molecule has 0 atom stereocenters. The van der Waals surface area contributed by atoms with Gasteiger partial charge in [0.1, 0.15) is 5.82 Å². The van der Waals surface area contributed by atoms with Crippen LogP contribution in [0.1, 0.15) is 10.4 Å². The smallest absolute Gasteiger partial charge is 0.255 e. The number of piperazine rings is 1. The molecule has 1 heterocycles. The Morgan fingerprint density at radius 2 is 1.74 bits per heavy atom. The number of carbonyl (C=O) groups excluding carboxylic acids is 2. The van der Waals surface area contributed by atoms with Crippen LogP contribution in [0.15, 0.2) is 46.9 Å². The fraction of sp³-hybridized carbons (Fsp3) is 0.263. The Morgan fingerprint density at radius 3 is 2.41 bits per heavy atom. The van der Waals surface area contributed by atoms with Crippen molar-refractivity contribution in [3.05, 3.63) is 63.3 Å². The lowest BCUT2D eigenvalue weighted by molar-refractivity contribution is -0.117. The Balaban J connectivity index is 1.51. The van der Waals surface area contributed by atoms with Crippen LogP contribution < -0.4 is 5.32 Å². The quantitative estimate of drug-likeness (QED) is 0.767. The molecular weight excluding hydrogens is 437 g/mol. The third-order valence-corrected chi connectivity index (χ3v) is 5.14. The highest BCUT2D eigenvalue weighted by atomic mass is 79.9. The van der Waals surface area contributed by atoms with Gasteiger partial charge < -0.3 is 10.2 Å². The van der Waals surface area contributed by atoms with E-state index in [1.165, 1.54) is 24.3 Å². The number of halogens is 3. The maximum absolute atomic E-state index is 12.9. The number of carbonyl (C=O) groups is 2. The second-order valence-electron chi connectivity index (χ2n) is 6.25. The van der Waals surface area contributed by atoms with Crippen LogP contribution in [0.2, 0.25) is 5.02 Å². The van der Waals surface area contributed by atoms with Gasteiger partial charge in [-0.05, 0) is 42.5 Å². The van der Waals surface area contributed by atoms with Gasteiger partial charge >= 0.3 is 0 Å². The van der Waals surface area contributed by atoms with Gasteiger partial charge in [-0.1, -0.05) is 27.5 Å². The molecule has 2 aromatic rings. The van der Waals surface area contributed by atoms with E-state index in [0.717, 1.165) is 4.47 Å². The highest BCUT2D eigenvalue weighted by molar-refractivity contribution is 9.10. The van der Waals surface area contributed by atoms with Crippen LogP contribution in [0, 0.1) is 5.82 Å². The van der Waals surface area contributed by atoms with Gasteiger partial charge in [-0.25, -0.2) is 4.39 Å². The first-order valence-electron chi connectivity index (χ1n) is 8.44. The van der Waals surface area contributed by atoms with Crippen LogP contribution in [-0.4, -0.2) is 54.3 Å². The molecule has 1 aliphatic heterocycles. The number of nitrogens with zero attached hydrogens (tertiary/aromatic N) is 2. The predicted octanol–water partition coefficient (Wildman–Crippen LogP) is 3.64. The van der Waals surface area contributed by atoms with E-state index in [1.54, 1.807) is 23.1 Å². The van der Waals surface area contributed by atoms with Crippen molar-refractivity contribution < 1.29 is 14.0 Å². The zero-order valence-electron chi connectivity index (χ0n) is 14.4. The number of amides is 2. The summed E-state index contributed by atoms with van der Waals surface area (Å²) in [5, 5.41) is 3.16. The Labute approximate surface area is 170 Å². The fourth-order valence-corrected chi connectivity index (χ4v) is 3.44. The van der Waals surface area contributed by atoms with Crippen molar-refractivity contribution in [2.45, 2.75) is 0 Å². The van der Waals surface area contributed by atoms with Gasteiger partial charge in [0.25, 0.3) is 5.91 Å². The normalized spacial score (nSPS) is 14.9. The monoisotopic (exact) mass is 453 g/mol. The first-order valence-corrected chi connectivity index (χ1v) is 9.61. The topological polar surface area (TPSA) is 52.7 Å². The van der Waals surface area contributed by atoms with Crippen LogP contribution in [0.5, 0.6) is 0 Å². The second kappa shape index (κ2) is 8.82. The Hall–Kier alpha value is -1.96. The Bertz CT molecular complexity index is 839. The van der Waals surface area contributed by atoms with Crippen molar-refractivity contribution in [1.29, 1.82) is 0 Å². The van der Waals surface area contributed by atoms with Crippen molar-refractivity contribution >= 4 is 45.0 Å². The predicted molar refractivity (Wildman–Crippen MR) is 107 cm³/mol. The molecule has 0 bridgehead atoms. The molecule has 0 aromatic heterocycles. The minimum atomic E-state index is -0.348. The SMILES string of the molecule is O=C(CN1CCN(C(=O)c2cc(Br)ccc2Cl)CC1)Nc1ccc(F)cc1. The zero-order chi connectivity index (χ0) is 19.4. The second-order valence-corrected chi connectivity index (χ2v) is 7.57. The average molecular weight is 455 g/mol. The van der Waals surface area contributed by atoms with E-state index in [9.17, 15) is 14.0 Å². The first-order chi connectivity index (χ1) is 12.9. The highest BCUT2D eigenvalue weighted by Gasteiger charge is 2.24. The highest BCUT2D eigenvalue weighted by Crippen LogP contribution is 2.23. The summed E-state index contributed by atoms with van der Waals surface area (Å²) in [5.41, 5.74) is 1.02. The molecule has 1 N–H and O–H groups in total. The van der Waals surface area contributed by atoms with Crippen molar-refractivity contribution in [1.82, 2.24) is 9.80 Å². The molecule has 1 fully saturated rings. The van der Waals surface area contributed by atoms with Gasteiger partial charge in [-0.2, -0.15) is 0 Å². The lowest BCUT2D eigenvalue weighted by atomic mass is 10.2. The number of benzene rings is 2. The Morgan fingerprint density at radius 1 is 1.07 bits per heavy atom. The number of nitrogens with one attached hydrogen (secondary N) is 1. The summed E-state index contributed by atoms with van der Waals surface area (Å²) in [6.07, 6.45) is 0. The average Bonchev–Trinajstić information content (AvgIpc) is 2.65. The lowest BCUT2D eigenvalue weighted by Gasteiger charge is -2.34. The summed E-state index contributed by atoms with van der Waals surface area (Å²) >= 11 is 9.49. The van der Waals surface area contributed by atoms with Crippen LogP contribution in [-0.2, 0) is 4.79 Å². The largest absolute Gasteiger partial charge is 0.336 e. The third-order valence-electron chi connectivity index (χ3n) is 4.31. The van der Waals surface area contributed by atoms with Crippen molar-refractivity contribution in [3.63, 3.8) is 0 Å². The molecule has 1 aliphatic rings. The van der Waals surface area contributed by atoms with Gasteiger partial charge in [0.15, 0.2) is 0 Å². The summed E-state index contributed by atoms with van der Waals surface area (Å²) in [6.45, 7) is 2.44. The van der Waals surface area contributed by atoms with Crippen LogP contribution in [0.3, 0.4) is 0 Å². The van der Waals surface area contributed by atoms with Crippen LogP contribution in [0.4, 0.5) is 10.1 Å². The van der Waals surface area contributed by atoms with Gasteiger partial charge in [0.05, 0.1) is 17.1 Å². The fourth-order valence-electron chi connectivity index (χ4n) is 2.88. The minimum Gasteiger partial charge on any atom is -0.336 e. The van der Waals surface area contributed by atoms with Crippen LogP contribution in [0.25, 0.3) is 0 Å². The molecule has 3 rings (SSSR count). The maximum Gasteiger partial charge on any atom is 0.255 e. The Kier molecular flexibility index (Phi) is 6.46. The summed E-state index contributed by atoms with van der Waals surface area (Å²) in [4.78, 5) is 28.5. The number of anilines is 1. The van der Waals surface area contributed by atoms with E-state index < -0.39 is 0 Å². The molecule has 8 heteroatoms. The van der Waals surface area contributed by atoms with Gasteiger partial charge in [-0.15, -0.1) is 0 Å². The molecule has 0 aliphatic carbocycles. The van der Waals surface area contributed by atoms with Crippen molar-refractivity contribution in [2.24, 2.45) is 0 Å². The third kappa shape index (κ3) is 5.28. The standard InChI is InChI=1S/C19H18BrClFN3O2/c20-13-1-6-17(21)16(11-13)19(27)25-9-7-24(8-10-25)12-18(26)23-15-4-2-14(22)3-5-15/h1-6,11H,7-10,12H2,(H,23,26). The molecular formula is C19H18BrClFN3O2. The van der Waals surface area contributed by atoms with Gasteiger partial charge in [-0.3, -0.25) is 14.5 Å². The molecule has 0 saturated carbocycles. The first kappa shape index (κ1) is 19.8. The van der Waals surface area contributed by atoms with E-state index in [0.29, 0.717) is 42.5 Å². The van der Waals surface area contributed by atoms with Crippen molar-refractivity contribution in [3.8, 4) is 0 Å². The molecule has 142 valence electrons. The lowest BCUT2D eigenvalue weighted by Crippen LogP contribution is -2.50.